The minimum absolute atomic E-state index is 0.166. The lowest BCUT2D eigenvalue weighted by molar-refractivity contribution is -0.0410. The Bertz CT molecular complexity index is 468. The molecule has 2 atom stereocenters. The molecular weight excluding hydrogens is 260 g/mol. The summed E-state index contributed by atoms with van der Waals surface area (Å²) in [5.41, 5.74) is 2.96. The Hall–Kier alpha value is -0.900. The first-order valence-electron chi connectivity index (χ1n) is 8.19. The first kappa shape index (κ1) is 15.0. The van der Waals surface area contributed by atoms with Crippen molar-refractivity contribution in [1.82, 2.24) is 10.2 Å². The van der Waals surface area contributed by atoms with Crippen molar-refractivity contribution in [3.05, 3.63) is 35.4 Å². The highest BCUT2D eigenvalue weighted by atomic mass is 16.5. The maximum atomic E-state index is 5.91. The maximum absolute atomic E-state index is 5.91. The van der Waals surface area contributed by atoms with Crippen molar-refractivity contribution >= 4 is 0 Å². The molecule has 1 aromatic carbocycles. The second kappa shape index (κ2) is 6.07. The zero-order chi connectivity index (χ0) is 14.9. The molecule has 2 bridgehead atoms. The Labute approximate surface area is 128 Å². The summed E-state index contributed by atoms with van der Waals surface area (Å²) in [4.78, 5) is 2.56. The van der Waals surface area contributed by atoms with Gasteiger partial charge >= 0.3 is 0 Å². The summed E-state index contributed by atoms with van der Waals surface area (Å²) in [5, 5.41) is 3.56. The van der Waals surface area contributed by atoms with Crippen LogP contribution >= 0.6 is 0 Å². The summed E-state index contributed by atoms with van der Waals surface area (Å²) in [5.74, 6) is 0. The fraction of sp³-hybridized carbons (Fsp3) is 0.667. The molecule has 2 fully saturated rings. The van der Waals surface area contributed by atoms with E-state index in [9.17, 15) is 0 Å². The fourth-order valence-electron chi connectivity index (χ4n) is 3.29. The largest absolute Gasteiger partial charge is 0.372 e. The number of nitrogens with one attached hydrogen (secondary N) is 1. The lowest BCUT2D eigenvalue weighted by atomic mass is 10.1. The lowest BCUT2D eigenvalue weighted by Crippen LogP contribution is -2.42. The number of nitrogens with zero attached hydrogens (tertiary/aromatic N) is 1. The van der Waals surface area contributed by atoms with E-state index in [-0.39, 0.29) is 5.54 Å². The van der Waals surface area contributed by atoms with Gasteiger partial charge in [-0.15, -0.1) is 0 Å². The standard InChI is InChI=1S/C18H28N2O/c1-18(2,3)19-10-14-5-4-6-15(9-14)11-20-12-16-7-8-17(13-20)21-16/h4-6,9,16-17,19H,7-8,10-13H2,1-3H3. The van der Waals surface area contributed by atoms with Crippen LogP contribution in [0.15, 0.2) is 24.3 Å². The van der Waals surface area contributed by atoms with Gasteiger partial charge in [-0.25, -0.2) is 0 Å². The van der Waals surface area contributed by atoms with E-state index in [0.29, 0.717) is 12.2 Å². The molecule has 0 saturated carbocycles. The van der Waals surface area contributed by atoms with Crippen LogP contribution in [0.1, 0.15) is 44.7 Å². The van der Waals surface area contributed by atoms with Crippen LogP contribution in [0.4, 0.5) is 0 Å². The van der Waals surface area contributed by atoms with Crippen molar-refractivity contribution in [2.45, 2.75) is 64.4 Å². The van der Waals surface area contributed by atoms with Crippen LogP contribution < -0.4 is 5.32 Å². The van der Waals surface area contributed by atoms with Gasteiger partial charge in [0.25, 0.3) is 0 Å². The predicted molar refractivity (Wildman–Crippen MR) is 86.2 cm³/mol. The second-order valence-corrected chi connectivity index (χ2v) is 7.58. The van der Waals surface area contributed by atoms with Crippen LogP contribution in [0.3, 0.4) is 0 Å². The van der Waals surface area contributed by atoms with Crippen LogP contribution in [-0.4, -0.2) is 35.7 Å². The summed E-state index contributed by atoms with van der Waals surface area (Å²) in [7, 11) is 0. The van der Waals surface area contributed by atoms with Gasteiger partial charge in [0.15, 0.2) is 0 Å². The molecule has 2 aliphatic heterocycles. The zero-order valence-electron chi connectivity index (χ0n) is 13.6. The summed E-state index contributed by atoms with van der Waals surface area (Å²) < 4.78 is 5.91. The number of likely N-dealkylation sites (tertiary alicyclic amines) is 1. The van der Waals surface area contributed by atoms with Crippen LogP contribution in [0.25, 0.3) is 0 Å². The van der Waals surface area contributed by atoms with E-state index in [1.54, 1.807) is 0 Å². The molecule has 0 spiro atoms. The highest BCUT2D eigenvalue weighted by Crippen LogP contribution is 2.27. The molecule has 116 valence electrons. The SMILES string of the molecule is CC(C)(C)NCc1cccc(CN2CC3CCC(C2)O3)c1. The van der Waals surface area contributed by atoms with Gasteiger partial charge in [0.2, 0.25) is 0 Å². The highest BCUT2D eigenvalue weighted by molar-refractivity contribution is 5.23. The lowest BCUT2D eigenvalue weighted by Gasteiger charge is -2.32. The van der Waals surface area contributed by atoms with Gasteiger partial charge in [0, 0.05) is 31.7 Å². The molecule has 1 aromatic rings. The first-order valence-corrected chi connectivity index (χ1v) is 8.19. The molecule has 2 heterocycles. The molecule has 2 saturated heterocycles. The Morgan fingerprint density at radius 2 is 1.81 bits per heavy atom. The van der Waals surface area contributed by atoms with Gasteiger partial charge in [-0.1, -0.05) is 24.3 Å². The molecular formula is C18H28N2O. The minimum Gasteiger partial charge on any atom is -0.372 e. The van der Waals surface area contributed by atoms with E-state index in [1.165, 1.54) is 24.0 Å². The van der Waals surface area contributed by atoms with Gasteiger partial charge in [-0.3, -0.25) is 4.90 Å². The van der Waals surface area contributed by atoms with Crippen LogP contribution in [-0.2, 0) is 17.8 Å². The summed E-state index contributed by atoms with van der Waals surface area (Å²) in [6.07, 6.45) is 3.46. The van der Waals surface area contributed by atoms with E-state index in [1.807, 2.05) is 0 Å². The van der Waals surface area contributed by atoms with Crippen molar-refractivity contribution in [1.29, 1.82) is 0 Å². The summed E-state index contributed by atoms with van der Waals surface area (Å²) >= 11 is 0. The third-order valence-corrected chi connectivity index (χ3v) is 4.34. The van der Waals surface area contributed by atoms with Gasteiger partial charge in [-0.2, -0.15) is 0 Å². The third kappa shape index (κ3) is 4.29. The third-order valence-electron chi connectivity index (χ3n) is 4.34. The molecule has 0 aliphatic carbocycles. The second-order valence-electron chi connectivity index (χ2n) is 7.58. The minimum atomic E-state index is 0.166. The molecule has 21 heavy (non-hydrogen) atoms. The molecule has 1 N–H and O–H groups in total. The number of hydrogen-bond donors (Lipinski definition) is 1. The van der Waals surface area contributed by atoms with Crippen molar-refractivity contribution in [2.75, 3.05) is 13.1 Å². The van der Waals surface area contributed by atoms with Crippen molar-refractivity contribution in [3.63, 3.8) is 0 Å². The Morgan fingerprint density at radius 1 is 1.14 bits per heavy atom. The van der Waals surface area contributed by atoms with Crippen LogP contribution in [0, 0.1) is 0 Å². The quantitative estimate of drug-likeness (QED) is 0.922. The molecule has 0 aromatic heterocycles. The van der Waals surface area contributed by atoms with Crippen molar-refractivity contribution in [3.8, 4) is 0 Å². The van der Waals surface area contributed by atoms with E-state index < -0.39 is 0 Å². The van der Waals surface area contributed by atoms with Gasteiger partial charge < -0.3 is 10.1 Å². The summed E-state index contributed by atoms with van der Waals surface area (Å²) in [6.45, 7) is 10.8. The number of morpholine rings is 1. The molecule has 3 heteroatoms. The predicted octanol–water partition coefficient (Wildman–Crippen LogP) is 2.94. The average Bonchev–Trinajstić information content (AvgIpc) is 2.75. The Balaban J connectivity index is 1.58. The number of rotatable bonds is 4. The molecule has 2 aliphatic rings. The van der Waals surface area contributed by atoms with Gasteiger partial charge in [-0.05, 0) is 44.7 Å². The average molecular weight is 288 g/mol. The first-order chi connectivity index (χ1) is 9.98. The number of hydrogen-bond acceptors (Lipinski definition) is 3. The normalized spacial score (nSPS) is 26.2. The van der Waals surface area contributed by atoms with Gasteiger partial charge in [0.1, 0.15) is 0 Å². The Morgan fingerprint density at radius 3 is 2.48 bits per heavy atom. The highest BCUT2D eigenvalue weighted by Gasteiger charge is 2.33. The molecule has 2 unspecified atom stereocenters. The van der Waals surface area contributed by atoms with E-state index in [4.69, 9.17) is 4.74 Å². The number of fused-ring (bicyclic) bond motifs is 2. The van der Waals surface area contributed by atoms with Crippen LogP contribution in [0.2, 0.25) is 0 Å². The van der Waals surface area contributed by atoms with Crippen molar-refractivity contribution in [2.24, 2.45) is 0 Å². The Kier molecular flexibility index (Phi) is 4.34. The van der Waals surface area contributed by atoms with Gasteiger partial charge in [0.05, 0.1) is 12.2 Å². The number of ether oxygens (including phenoxy) is 1. The topological polar surface area (TPSA) is 24.5 Å². The van der Waals surface area contributed by atoms with E-state index in [0.717, 1.165) is 26.2 Å². The smallest absolute Gasteiger partial charge is 0.0707 e. The summed E-state index contributed by atoms with van der Waals surface area (Å²) in [6, 6.07) is 8.99. The monoisotopic (exact) mass is 288 g/mol. The zero-order valence-corrected chi connectivity index (χ0v) is 13.6. The number of benzene rings is 1. The molecule has 0 radical (unpaired) electrons. The van der Waals surface area contributed by atoms with E-state index in [2.05, 4.69) is 55.3 Å². The molecule has 0 amide bonds. The molecule has 3 rings (SSSR count). The molecule has 3 nitrogen and oxygen atoms in total. The maximum Gasteiger partial charge on any atom is 0.0707 e. The van der Waals surface area contributed by atoms with Crippen molar-refractivity contribution < 1.29 is 4.74 Å². The fourth-order valence-corrected chi connectivity index (χ4v) is 3.29. The van der Waals surface area contributed by atoms with E-state index >= 15 is 0 Å². The van der Waals surface area contributed by atoms with Crippen LogP contribution in [0.5, 0.6) is 0 Å².